The fourth-order valence-corrected chi connectivity index (χ4v) is 2.14. The van der Waals surface area contributed by atoms with E-state index >= 15 is 0 Å². The Morgan fingerprint density at radius 1 is 1.67 bits per heavy atom. The largest absolute Gasteiger partial charge is 0.308 e. The molecule has 1 rings (SSSR count). The summed E-state index contributed by atoms with van der Waals surface area (Å²) in [5.41, 5.74) is 0. The Morgan fingerprint density at radius 2 is 2.47 bits per heavy atom. The van der Waals surface area contributed by atoms with Crippen LogP contribution in [0.4, 0.5) is 0 Å². The molecular formula is C11H17N3S. The third-order valence-electron chi connectivity index (χ3n) is 2.21. The van der Waals surface area contributed by atoms with Gasteiger partial charge in [-0.05, 0) is 26.3 Å². The summed E-state index contributed by atoms with van der Waals surface area (Å²) in [7, 11) is 0. The molecule has 4 heteroatoms. The highest BCUT2D eigenvalue weighted by Crippen LogP contribution is 2.19. The minimum atomic E-state index is 0.300. The van der Waals surface area contributed by atoms with Gasteiger partial charge in [-0.15, -0.1) is 11.3 Å². The maximum atomic E-state index is 8.40. The van der Waals surface area contributed by atoms with Crippen LogP contribution in [0.3, 0.4) is 0 Å². The lowest BCUT2D eigenvalue weighted by molar-refractivity contribution is 0.559. The van der Waals surface area contributed by atoms with Crippen LogP contribution in [0.15, 0.2) is 6.20 Å². The number of aryl methyl sites for hydroxylation is 1. The van der Waals surface area contributed by atoms with Crippen molar-refractivity contribution >= 4 is 11.3 Å². The fourth-order valence-electron chi connectivity index (χ4n) is 1.26. The van der Waals surface area contributed by atoms with Gasteiger partial charge in [0.1, 0.15) is 5.01 Å². The Labute approximate surface area is 95.2 Å². The Kier molecular flexibility index (Phi) is 5.30. The van der Waals surface area contributed by atoms with E-state index in [0.29, 0.717) is 12.5 Å². The minimum Gasteiger partial charge on any atom is -0.308 e. The first kappa shape index (κ1) is 12.2. The number of aromatic nitrogens is 1. The molecule has 15 heavy (non-hydrogen) atoms. The highest BCUT2D eigenvalue weighted by Gasteiger charge is 2.08. The average molecular weight is 223 g/mol. The van der Waals surface area contributed by atoms with E-state index in [2.05, 4.69) is 30.2 Å². The monoisotopic (exact) mass is 223 g/mol. The maximum absolute atomic E-state index is 8.40. The Balaban J connectivity index is 2.33. The molecule has 0 bridgehead atoms. The van der Waals surface area contributed by atoms with Crippen molar-refractivity contribution in [3.8, 4) is 6.07 Å². The van der Waals surface area contributed by atoms with Crippen LogP contribution in [-0.4, -0.2) is 11.5 Å². The summed E-state index contributed by atoms with van der Waals surface area (Å²) in [4.78, 5) is 5.71. The predicted molar refractivity (Wildman–Crippen MR) is 62.8 cm³/mol. The Morgan fingerprint density at radius 3 is 3.07 bits per heavy atom. The summed E-state index contributed by atoms with van der Waals surface area (Å²) in [6.07, 6.45) is 4.54. The number of nitriles is 1. The quantitative estimate of drug-likeness (QED) is 0.754. The van der Waals surface area contributed by atoms with Crippen molar-refractivity contribution in [1.29, 1.82) is 5.26 Å². The van der Waals surface area contributed by atoms with E-state index in [1.165, 1.54) is 4.88 Å². The highest BCUT2D eigenvalue weighted by molar-refractivity contribution is 7.11. The van der Waals surface area contributed by atoms with E-state index in [1.807, 2.05) is 6.20 Å². The van der Waals surface area contributed by atoms with Gasteiger partial charge in [0.25, 0.3) is 0 Å². The summed E-state index contributed by atoms with van der Waals surface area (Å²) in [5, 5.41) is 12.9. The molecule has 1 heterocycles. The molecule has 0 amide bonds. The summed E-state index contributed by atoms with van der Waals surface area (Å²) < 4.78 is 0. The molecule has 0 aliphatic carbocycles. The highest BCUT2D eigenvalue weighted by atomic mass is 32.1. The second-order valence-corrected chi connectivity index (χ2v) is 4.60. The first-order valence-electron chi connectivity index (χ1n) is 5.32. The van der Waals surface area contributed by atoms with Crippen LogP contribution in [0, 0.1) is 11.3 Å². The van der Waals surface area contributed by atoms with E-state index in [9.17, 15) is 0 Å². The normalized spacial score (nSPS) is 12.3. The molecule has 1 atom stereocenters. The smallest absolute Gasteiger partial charge is 0.109 e. The number of rotatable bonds is 6. The molecule has 1 aromatic rings. The molecule has 0 saturated heterocycles. The van der Waals surface area contributed by atoms with Crippen molar-refractivity contribution in [2.45, 2.75) is 39.2 Å². The number of thiazole rings is 1. The van der Waals surface area contributed by atoms with Crippen molar-refractivity contribution in [3.63, 3.8) is 0 Å². The molecule has 1 N–H and O–H groups in total. The third-order valence-corrected chi connectivity index (χ3v) is 3.53. The lowest BCUT2D eigenvalue weighted by Gasteiger charge is -2.09. The number of hydrogen-bond donors (Lipinski definition) is 1. The van der Waals surface area contributed by atoms with Crippen molar-refractivity contribution in [2.75, 3.05) is 6.54 Å². The zero-order chi connectivity index (χ0) is 11.1. The minimum absolute atomic E-state index is 0.300. The SMILES string of the molecule is CCc1cnc([C@H](C)NCCCC#N)s1. The second-order valence-electron chi connectivity index (χ2n) is 3.46. The van der Waals surface area contributed by atoms with Crippen molar-refractivity contribution in [3.05, 3.63) is 16.1 Å². The van der Waals surface area contributed by atoms with Gasteiger partial charge in [0.05, 0.1) is 12.1 Å². The van der Waals surface area contributed by atoms with E-state index in [0.717, 1.165) is 24.4 Å². The molecule has 0 spiro atoms. The predicted octanol–water partition coefficient (Wildman–Crippen LogP) is 2.66. The molecule has 0 aliphatic heterocycles. The maximum Gasteiger partial charge on any atom is 0.109 e. The van der Waals surface area contributed by atoms with Crippen LogP contribution in [0.1, 0.15) is 42.6 Å². The first-order chi connectivity index (χ1) is 7.27. The van der Waals surface area contributed by atoms with Gasteiger partial charge in [0.15, 0.2) is 0 Å². The van der Waals surface area contributed by atoms with E-state index in [4.69, 9.17) is 5.26 Å². The van der Waals surface area contributed by atoms with Gasteiger partial charge in [0.2, 0.25) is 0 Å². The van der Waals surface area contributed by atoms with Gasteiger partial charge in [-0.25, -0.2) is 4.98 Å². The number of nitrogens with one attached hydrogen (secondary N) is 1. The molecule has 82 valence electrons. The van der Waals surface area contributed by atoms with Crippen LogP contribution in [0.5, 0.6) is 0 Å². The van der Waals surface area contributed by atoms with Crippen LogP contribution in [-0.2, 0) is 6.42 Å². The average Bonchev–Trinajstić information content (AvgIpc) is 2.72. The van der Waals surface area contributed by atoms with E-state index in [-0.39, 0.29) is 0 Å². The van der Waals surface area contributed by atoms with Gasteiger partial charge >= 0.3 is 0 Å². The number of unbranched alkanes of at least 4 members (excludes halogenated alkanes) is 1. The standard InChI is InChI=1S/C11H17N3S/c1-3-10-8-14-11(15-10)9(2)13-7-5-4-6-12/h8-9,13H,3-5,7H2,1-2H3/t9-/m0/s1. The zero-order valence-corrected chi connectivity index (χ0v) is 10.1. The van der Waals surface area contributed by atoms with Gasteiger partial charge in [-0.1, -0.05) is 6.92 Å². The Hall–Kier alpha value is -0.920. The van der Waals surface area contributed by atoms with Crippen LogP contribution < -0.4 is 5.32 Å². The van der Waals surface area contributed by atoms with Crippen molar-refractivity contribution in [2.24, 2.45) is 0 Å². The van der Waals surface area contributed by atoms with Crippen LogP contribution in [0.25, 0.3) is 0 Å². The Bertz CT molecular complexity index is 327. The van der Waals surface area contributed by atoms with Gasteiger partial charge in [-0.3, -0.25) is 0 Å². The van der Waals surface area contributed by atoms with Gasteiger partial charge < -0.3 is 5.32 Å². The topological polar surface area (TPSA) is 48.7 Å². The first-order valence-corrected chi connectivity index (χ1v) is 6.14. The van der Waals surface area contributed by atoms with E-state index < -0.39 is 0 Å². The summed E-state index contributed by atoms with van der Waals surface area (Å²) >= 11 is 1.77. The molecule has 0 aromatic carbocycles. The molecule has 0 unspecified atom stereocenters. The van der Waals surface area contributed by atoms with E-state index in [1.54, 1.807) is 11.3 Å². The molecular weight excluding hydrogens is 206 g/mol. The fraction of sp³-hybridized carbons (Fsp3) is 0.636. The summed E-state index contributed by atoms with van der Waals surface area (Å²) in [6.45, 7) is 5.14. The lowest BCUT2D eigenvalue weighted by Crippen LogP contribution is -2.19. The molecule has 0 aliphatic rings. The molecule has 0 fully saturated rings. The lowest BCUT2D eigenvalue weighted by atomic mass is 10.3. The molecule has 0 saturated carbocycles. The number of hydrogen-bond acceptors (Lipinski definition) is 4. The van der Waals surface area contributed by atoms with Gasteiger partial charge in [0, 0.05) is 17.5 Å². The van der Waals surface area contributed by atoms with Crippen LogP contribution in [0.2, 0.25) is 0 Å². The van der Waals surface area contributed by atoms with Crippen molar-refractivity contribution < 1.29 is 0 Å². The second kappa shape index (κ2) is 6.54. The molecule has 0 radical (unpaired) electrons. The zero-order valence-electron chi connectivity index (χ0n) is 9.29. The van der Waals surface area contributed by atoms with Crippen LogP contribution >= 0.6 is 11.3 Å². The summed E-state index contributed by atoms with van der Waals surface area (Å²) in [5.74, 6) is 0. The molecule has 1 aromatic heterocycles. The molecule has 3 nitrogen and oxygen atoms in total. The third kappa shape index (κ3) is 3.98. The van der Waals surface area contributed by atoms with Crippen molar-refractivity contribution in [1.82, 2.24) is 10.3 Å². The number of nitrogens with zero attached hydrogens (tertiary/aromatic N) is 2. The van der Waals surface area contributed by atoms with Gasteiger partial charge in [-0.2, -0.15) is 5.26 Å². The summed E-state index contributed by atoms with van der Waals surface area (Å²) in [6, 6.07) is 2.44.